The Bertz CT molecular complexity index is 434. The zero-order valence-corrected chi connectivity index (χ0v) is 14.2. The minimum absolute atomic E-state index is 0.102. The van der Waals surface area contributed by atoms with Crippen LogP contribution in [0.5, 0.6) is 11.5 Å². The lowest BCUT2D eigenvalue weighted by atomic mass is 9.84. The molecule has 1 aromatic rings. The number of benzene rings is 1. The highest BCUT2D eigenvalue weighted by atomic mass is 28.3. The third-order valence-corrected chi connectivity index (χ3v) is 3.63. The number of aliphatic hydroxyl groups excluding tert-OH is 1. The second kappa shape index (κ2) is 5.97. The summed E-state index contributed by atoms with van der Waals surface area (Å²) >= 11 is 0. The van der Waals surface area contributed by atoms with Gasteiger partial charge in [-0.2, -0.15) is 0 Å². The lowest BCUT2D eigenvalue weighted by Gasteiger charge is -2.29. The number of hydrogen-bond acceptors (Lipinski definition) is 3. The molecule has 108 valence electrons. The average molecular weight is 282 g/mol. The van der Waals surface area contributed by atoms with E-state index in [0.29, 0.717) is 0 Å². The van der Waals surface area contributed by atoms with Crippen LogP contribution in [0.3, 0.4) is 0 Å². The van der Waals surface area contributed by atoms with Crippen LogP contribution >= 0.6 is 0 Å². The molecule has 0 aromatic heterocycles. The van der Waals surface area contributed by atoms with Gasteiger partial charge in [0, 0.05) is 11.1 Å². The molecule has 0 aliphatic carbocycles. The number of ether oxygens (including phenoxy) is 1. The van der Waals surface area contributed by atoms with Crippen molar-refractivity contribution >= 4 is 9.04 Å². The summed E-state index contributed by atoms with van der Waals surface area (Å²) in [7, 11) is 0.405. The van der Waals surface area contributed by atoms with Crippen molar-refractivity contribution in [2.75, 3.05) is 7.11 Å². The van der Waals surface area contributed by atoms with Crippen molar-refractivity contribution in [3.05, 3.63) is 23.3 Å². The van der Waals surface area contributed by atoms with Crippen molar-refractivity contribution in [2.24, 2.45) is 0 Å². The molecule has 0 saturated heterocycles. The molecular weight excluding hydrogens is 256 g/mol. The lowest BCUT2D eigenvalue weighted by Crippen LogP contribution is -2.21. The predicted molar refractivity (Wildman–Crippen MR) is 81.8 cm³/mol. The molecular formula is C15H26O3Si. The Labute approximate surface area is 118 Å². The monoisotopic (exact) mass is 282 g/mol. The van der Waals surface area contributed by atoms with Crippen LogP contribution in [-0.4, -0.2) is 21.3 Å². The molecule has 1 N–H and O–H groups in total. The smallest absolute Gasteiger partial charge is 0.229 e. The molecule has 1 unspecified atom stereocenters. The van der Waals surface area contributed by atoms with E-state index in [2.05, 4.69) is 33.9 Å². The van der Waals surface area contributed by atoms with Crippen LogP contribution in [0.4, 0.5) is 0 Å². The van der Waals surface area contributed by atoms with Crippen LogP contribution in [0, 0.1) is 0 Å². The van der Waals surface area contributed by atoms with Gasteiger partial charge in [-0.25, -0.2) is 0 Å². The van der Waals surface area contributed by atoms with E-state index in [-0.39, 0.29) is 5.41 Å². The third kappa shape index (κ3) is 3.73. The SMILES string of the molecule is COc1ccc(C(C)O)c(O[SiH](C)C)c1C(C)(C)C. The molecule has 3 nitrogen and oxygen atoms in total. The van der Waals surface area contributed by atoms with Crippen LogP contribution in [0.15, 0.2) is 12.1 Å². The molecule has 1 atom stereocenters. The van der Waals surface area contributed by atoms with Crippen molar-refractivity contribution in [2.45, 2.75) is 52.3 Å². The summed E-state index contributed by atoms with van der Waals surface area (Å²) in [6.07, 6.45) is -0.547. The maximum absolute atomic E-state index is 9.97. The summed E-state index contributed by atoms with van der Waals surface area (Å²) < 4.78 is 11.6. The maximum Gasteiger partial charge on any atom is 0.229 e. The highest BCUT2D eigenvalue weighted by molar-refractivity contribution is 6.49. The van der Waals surface area contributed by atoms with E-state index in [1.807, 2.05) is 12.1 Å². The summed E-state index contributed by atoms with van der Waals surface area (Å²) in [6, 6.07) is 3.81. The second-order valence-corrected chi connectivity index (χ2v) is 8.49. The van der Waals surface area contributed by atoms with Gasteiger partial charge in [0.15, 0.2) is 0 Å². The van der Waals surface area contributed by atoms with Crippen molar-refractivity contribution in [3.63, 3.8) is 0 Å². The number of methoxy groups -OCH3 is 1. The van der Waals surface area contributed by atoms with Crippen molar-refractivity contribution in [1.29, 1.82) is 0 Å². The van der Waals surface area contributed by atoms with Gasteiger partial charge in [-0.05, 0) is 37.6 Å². The highest BCUT2D eigenvalue weighted by Gasteiger charge is 2.27. The molecule has 0 bridgehead atoms. The lowest BCUT2D eigenvalue weighted by molar-refractivity contribution is 0.196. The molecule has 0 aliphatic rings. The minimum atomic E-state index is -1.26. The molecule has 0 heterocycles. The van der Waals surface area contributed by atoms with E-state index in [9.17, 15) is 5.11 Å². The topological polar surface area (TPSA) is 38.7 Å². The zero-order chi connectivity index (χ0) is 14.8. The summed E-state index contributed by atoms with van der Waals surface area (Å²) in [5.74, 6) is 1.63. The molecule has 1 rings (SSSR count). The highest BCUT2D eigenvalue weighted by Crippen LogP contribution is 2.43. The van der Waals surface area contributed by atoms with Crippen LogP contribution in [0.25, 0.3) is 0 Å². The number of hydrogen-bond donors (Lipinski definition) is 1. The largest absolute Gasteiger partial charge is 0.546 e. The van der Waals surface area contributed by atoms with Crippen molar-refractivity contribution < 1.29 is 14.3 Å². The van der Waals surface area contributed by atoms with E-state index in [4.69, 9.17) is 9.16 Å². The fourth-order valence-electron chi connectivity index (χ4n) is 2.15. The molecule has 0 radical (unpaired) electrons. The van der Waals surface area contributed by atoms with E-state index in [1.54, 1.807) is 14.0 Å². The van der Waals surface area contributed by atoms with Gasteiger partial charge in [0.25, 0.3) is 0 Å². The van der Waals surface area contributed by atoms with Crippen LogP contribution < -0.4 is 9.16 Å². The quantitative estimate of drug-likeness (QED) is 0.860. The number of rotatable bonds is 4. The zero-order valence-electron chi connectivity index (χ0n) is 13.1. The van der Waals surface area contributed by atoms with E-state index < -0.39 is 15.1 Å². The molecule has 0 saturated carbocycles. The Kier molecular flexibility index (Phi) is 5.04. The Morgan fingerprint density at radius 2 is 1.79 bits per heavy atom. The Hall–Kier alpha value is -1.00. The van der Waals surface area contributed by atoms with Crippen molar-refractivity contribution in [1.82, 2.24) is 0 Å². The van der Waals surface area contributed by atoms with Gasteiger partial charge in [-0.3, -0.25) is 0 Å². The molecule has 0 fully saturated rings. The average Bonchev–Trinajstić information content (AvgIpc) is 2.25. The molecule has 0 spiro atoms. The maximum atomic E-state index is 9.97. The van der Waals surface area contributed by atoms with Gasteiger partial charge >= 0.3 is 0 Å². The summed E-state index contributed by atoms with van der Waals surface area (Å²) in [5, 5.41) is 9.97. The Balaban J connectivity index is 3.56. The van der Waals surface area contributed by atoms with Gasteiger partial charge < -0.3 is 14.3 Å². The molecule has 1 aromatic carbocycles. The summed E-state index contributed by atoms with van der Waals surface area (Å²) in [4.78, 5) is 0. The standard InChI is InChI=1S/C15H26O3Si/c1-10(16)11-8-9-12(17-5)13(15(2,3)4)14(11)18-19(6)7/h8-10,16,19H,1-7H3. The van der Waals surface area contributed by atoms with Crippen LogP contribution in [0.1, 0.15) is 44.9 Å². The first-order chi connectivity index (χ1) is 8.68. The molecule has 19 heavy (non-hydrogen) atoms. The fourth-order valence-corrected chi connectivity index (χ4v) is 2.88. The van der Waals surface area contributed by atoms with Gasteiger partial charge in [-0.1, -0.05) is 20.8 Å². The van der Waals surface area contributed by atoms with Gasteiger partial charge in [0.2, 0.25) is 9.04 Å². The molecule has 0 amide bonds. The van der Waals surface area contributed by atoms with Crippen molar-refractivity contribution in [3.8, 4) is 11.5 Å². The summed E-state index contributed by atoms with van der Waals surface area (Å²) in [5.41, 5.74) is 1.77. The van der Waals surface area contributed by atoms with E-state index in [0.717, 1.165) is 22.6 Å². The second-order valence-electron chi connectivity index (χ2n) is 6.15. The minimum Gasteiger partial charge on any atom is -0.546 e. The van der Waals surface area contributed by atoms with Gasteiger partial charge in [0.1, 0.15) is 11.5 Å². The van der Waals surface area contributed by atoms with Gasteiger partial charge in [0.05, 0.1) is 13.2 Å². The predicted octanol–water partition coefficient (Wildman–Crippen LogP) is 3.41. The Morgan fingerprint density at radius 1 is 1.21 bits per heavy atom. The molecule has 0 aliphatic heterocycles. The first-order valence-corrected chi connectivity index (χ1v) is 9.52. The van der Waals surface area contributed by atoms with Crippen LogP contribution in [0.2, 0.25) is 13.1 Å². The first kappa shape index (κ1) is 16.1. The summed E-state index contributed by atoms with van der Waals surface area (Å²) in [6.45, 7) is 12.4. The third-order valence-electron chi connectivity index (χ3n) is 2.92. The van der Waals surface area contributed by atoms with E-state index >= 15 is 0 Å². The van der Waals surface area contributed by atoms with Crippen LogP contribution in [-0.2, 0) is 5.41 Å². The molecule has 4 heteroatoms. The first-order valence-electron chi connectivity index (χ1n) is 6.74. The fraction of sp³-hybridized carbons (Fsp3) is 0.600. The normalized spacial score (nSPS) is 13.5. The van der Waals surface area contributed by atoms with Gasteiger partial charge in [-0.15, -0.1) is 0 Å². The van der Waals surface area contributed by atoms with E-state index in [1.165, 1.54) is 0 Å². The number of aliphatic hydroxyl groups is 1. The Morgan fingerprint density at radius 3 is 2.16 bits per heavy atom.